The second-order valence-electron chi connectivity index (χ2n) is 0. The van der Waals surface area contributed by atoms with Gasteiger partial charge in [0.25, 0.3) is 0 Å². The minimum Gasteiger partial charge on any atom is 0 e. The van der Waals surface area contributed by atoms with Crippen LogP contribution in [0.2, 0.25) is 0 Å². The third kappa shape index (κ3) is 8.87. The summed E-state index contributed by atoms with van der Waals surface area (Å²) in [7, 11) is 0. The van der Waals surface area contributed by atoms with E-state index in [2.05, 4.69) is 0 Å². The first-order valence-corrected chi connectivity index (χ1v) is 1.50. The van der Waals surface area contributed by atoms with Crippen molar-refractivity contribution in [1.29, 1.82) is 0 Å². The normalized spacial score (nSPS) is 0.750. The largest absolute Gasteiger partial charge is 0 e. The molecule has 0 aliphatic rings. The molecule has 0 aromatic rings. The number of hydrogen-bond acceptors (Lipinski definition) is 1. The Morgan fingerprint density at radius 3 is 1.50 bits per heavy atom. The molecule has 0 unspecified atom stereocenters. The molecule has 0 saturated heterocycles. The van der Waals surface area contributed by atoms with Crippen LogP contribution in [-0.2, 0) is 3.54 Å². The fourth-order valence-corrected chi connectivity index (χ4v) is 0. The third-order valence-electron chi connectivity index (χ3n) is 0. The number of hydrogen-bond donors (Lipinski definition) is 0. The summed E-state index contributed by atoms with van der Waals surface area (Å²) in [5.74, 6) is 0. The van der Waals surface area contributed by atoms with E-state index in [1.54, 1.807) is 0 Å². The van der Waals surface area contributed by atoms with Crippen molar-refractivity contribution >= 4 is 56.3 Å². The molecular formula is H3CaGaOTm. The van der Waals surface area contributed by atoms with Crippen molar-refractivity contribution < 1.29 is 43.3 Å². The summed E-state index contributed by atoms with van der Waals surface area (Å²) >= 11 is 0.125. The van der Waals surface area contributed by atoms with Crippen molar-refractivity contribution in [3.05, 3.63) is 0 Å². The van der Waals surface area contributed by atoms with Crippen molar-refractivity contribution in [2.75, 3.05) is 0 Å². The maximum atomic E-state index is 8.38. The average molecular weight is 298 g/mol. The van der Waals surface area contributed by atoms with E-state index >= 15 is 0 Å². The van der Waals surface area contributed by atoms with E-state index in [4.69, 9.17) is 3.54 Å². The summed E-state index contributed by atoms with van der Waals surface area (Å²) in [5, 5.41) is 0. The third-order valence-corrected chi connectivity index (χ3v) is 0. The van der Waals surface area contributed by atoms with E-state index in [0.717, 1.165) is 0 Å². The molecule has 1 nitrogen and oxygen atoms in total. The van der Waals surface area contributed by atoms with Crippen molar-refractivity contribution in [3.8, 4) is 0 Å². The molecule has 0 atom stereocenters. The molecule has 4 heavy (non-hydrogen) atoms. The summed E-state index contributed by atoms with van der Waals surface area (Å²) in [4.78, 5) is 0. The molecule has 0 amide bonds. The Bertz CT molecular complexity index is 13.5. The zero-order chi connectivity index (χ0) is 2.00. The van der Waals surface area contributed by atoms with E-state index in [1.165, 1.54) is 0 Å². The smallest absolute Gasteiger partial charge is 0 e. The van der Waals surface area contributed by atoms with E-state index in [-0.39, 0.29) is 96.0 Å². The van der Waals surface area contributed by atoms with Crippen LogP contribution in [0.25, 0.3) is 0 Å². The Morgan fingerprint density at radius 2 is 1.50 bits per heavy atom. The van der Waals surface area contributed by atoms with Gasteiger partial charge in [-0.05, 0) is 0 Å². The Morgan fingerprint density at radius 1 is 1.50 bits per heavy atom. The van der Waals surface area contributed by atoms with Gasteiger partial charge in [-0.3, -0.25) is 0 Å². The molecule has 0 saturated carbocycles. The SMILES string of the molecule is [Ca+2].[H-].[H-].[O]=[GaH].[Tm]. The molecule has 0 spiro atoms. The summed E-state index contributed by atoms with van der Waals surface area (Å²) in [6.45, 7) is 0. The minimum atomic E-state index is 0. The first-order chi connectivity index (χ1) is 1.00. The van der Waals surface area contributed by atoms with Gasteiger partial charge in [0.15, 0.2) is 0 Å². The summed E-state index contributed by atoms with van der Waals surface area (Å²) < 4.78 is 8.38. The zero-order valence-corrected chi connectivity index (χ0v) is 9.05. The van der Waals surface area contributed by atoms with Crippen molar-refractivity contribution in [2.45, 2.75) is 0 Å². The topological polar surface area (TPSA) is 17.1 Å². The van der Waals surface area contributed by atoms with Crippen LogP contribution in [0.3, 0.4) is 0 Å². The molecule has 0 heterocycles. The maximum absolute atomic E-state index is 8.38. The fraction of sp³-hybridized carbons (Fsp3) is 0. The Labute approximate surface area is 97.2 Å². The van der Waals surface area contributed by atoms with Crippen LogP contribution in [0.1, 0.15) is 2.85 Å². The first-order valence-electron chi connectivity index (χ1n) is 0.289. The second kappa shape index (κ2) is 16.8. The Kier molecular flexibility index (Phi) is 66.2. The van der Waals surface area contributed by atoms with Gasteiger partial charge in [-0.25, -0.2) is 0 Å². The summed E-state index contributed by atoms with van der Waals surface area (Å²) in [6.07, 6.45) is 0. The quantitative estimate of drug-likeness (QED) is 0.529. The molecule has 0 aromatic heterocycles. The van der Waals surface area contributed by atoms with Gasteiger partial charge in [0.2, 0.25) is 0 Å². The van der Waals surface area contributed by atoms with Crippen molar-refractivity contribution in [1.82, 2.24) is 0 Å². The van der Waals surface area contributed by atoms with Gasteiger partial charge < -0.3 is 2.85 Å². The van der Waals surface area contributed by atoms with Gasteiger partial charge in [-0.15, -0.1) is 0 Å². The summed E-state index contributed by atoms with van der Waals surface area (Å²) in [6, 6.07) is 0. The van der Waals surface area contributed by atoms with Gasteiger partial charge in [0.05, 0.1) is 0 Å². The predicted octanol–water partition coefficient (Wildman–Crippen LogP) is -0.923. The van der Waals surface area contributed by atoms with Crippen LogP contribution < -0.4 is 0 Å². The van der Waals surface area contributed by atoms with Gasteiger partial charge in [0, 0.05) is 36.9 Å². The number of rotatable bonds is 0. The van der Waals surface area contributed by atoms with E-state index in [1.807, 2.05) is 0 Å². The van der Waals surface area contributed by atoms with Gasteiger partial charge in [-0.1, -0.05) is 0 Å². The molecule has 0 aromatic carbocycles. The van der Waals surface area contributed by atoms with Gasteiger partial charge >= 0.3 is 59.8 Å². The van der Waals surface area contributed by atoms with Crippen LogP contribution in [-0.4, -0.2) is 56.3 Å². The zero-order valence-electron chi connectivity index (χ0n) is 4.10. The monoisotopic (exact) mass is 297 g/mol. The maximum Gasteiger partial charge on any atom is 0 e. The van der Waals surface area contributed by atoms with Crippen LogP contribution in [0.15, 0.2) is 0 Å². The molecular weight excluding hydrogens is 295 g/mol. The van der Waals surface area contributed by atoms with Crippen LogP contribution in [0, 0.1) is 36.9 Å². The van der Waals surface area contributed by atoms with Crippen LogP contribution >= 0.6 is 0 Å². The van der Waals surface area contributed by atoms with E-state index in [0.29, 0.717) is 0 Å². The predicted molar refractivity (Wildman–Crippen MR) is 15.8 cm³/mol. The molecule has 0 aliphatic heterocycles. The average Bonchev–Trinajstić information content (AvgIpc) is 1.00. The molecule has 1 radical (unpaired) electrons. The molecule has 4 heteroatoms. The molecule has 0 bridgehead atoms. The van der Waals surface area contributed by atoms with Gasteiger partial charge in [0.1, 0.15) is 0 Å². The first kappa shape index (κ1) is 15.8. The second-order valence-corrected chi connectivity index (χ2v) is 0. The molecule has 0 aliphatic carbocycles. The molecule has 0 rings (SSSR count). The summed E-state index contributed by atoms with van der Waals surface area (Å²) in [5.41, 5.74) is 0. The van der Waals surface area contributed by atoms with Crippen molar-refractivity contribution in [3.63, 3.8) is 0 Å². The molecule has 0 fully saturated rings. The van der Waals surface area contributed by atoms with E-state index < -0.39 is 0 Å². The standard InChI is InChI=1S/Ca.Ga.O.Tm.3H/q+2;;;;;2*-1. The minimum absolute atomic E-state index is 0. The Balaban J connectivity index is -0.000000000833. The van der Waals surface area contributed by atoms with Gasteiger partial charge in [-0.2, -0.15) is 0 Å². The van der Waals surface area contributed by atoms with Crippen molar-refractivity contribution in [2.24, 2.45) is 0 Å². The fourth-order valence-electron chi connectivity index (χ4n) is 0. The van der Waals surface area contributed by atoms with Crippen LogP contribution in [0.5, 0.6) is 0 Å². The van der Waals surface area contributed by atoms with Crippen LogP contribution in [0.4, 0.5) is 0 Å². The Hall–Kier alpha value is 2.93. The molecule has 27 valence electrons. The molecule has 0 N–H and O–H groups in total. The van der Waals surface area contributed by atoms with E-state index in [9.17, 15) is 0 Å².